The van der Waals surface area contributed by atoms with Gasteiger partial charge in [-0.25, -0.2) is 0 Å². The van der Waals surface area contributed by atoms with E-state index in [1.165, 1.54) is 0 Å². The lowest BCUT2D eigenvalue weighted by Gasteiger charge is -2.41. The summed E-state index contributed by atoms with van der Waals surface area (Å²) in [4.78, 5) is 0. The summed E-state index contributed by atoms with van der Waals surface area (Å²) in [5.41, 5.74) is 1.14. The lowest BCUT2D eigenvalue weighted by Crippen LogP contribution is -2.42. The molecule has 0 saturated carbocycles. The molecule has 1 rings (SSSR count). The molecule has 3 heteroatoms. The average molecular weight is 369 g/mol. The average Bonchev–Trinajstić information content (AvgIpc) is 2.71. The molecule has 1 aliphatic carbocycles. The molecule has 3 nitrogen and oxygen atoms in total. The summed E-state index contributed by atoms with van der Waals surface area (Å²) in [7, 11) is 5.00. The fraction of sp³-hybridized carbons (Fsp3) is 0.333. The van der Waals surface area contributed by atoms with Crippen molar-refractivity contribution in [3.05, 3.63) is 96.6 Å². The van der Waals surface area contributed by atoms with Crippen molar-refractivity contribution in [1.82, 2.24) is 0 Å². The monoisotopic (exact) mass is 368 g/mol. The second-order valence-electron chi connectivity index (χ2n) is 6.11. The first-order valence-electron chi connectivity index (χ1n) is 9.04. The fourth-order valence-electron chi connectivity index (χ4n) is 3.18. The lowest BCUT2D eigenvalue weighted by molar-refractivity contribution is 0.0246. The second kappa shape index (κ2) is 11.2. The Balaban J connectivity index is 3.43. The predicted molar refractivity (Wildman–Crippen MR) is 114 cm³/mol. The molecule has 0 aromatic carbocycles. The fourth-order valence-corrected chi connectivity index (χ4v) is 3.18. The van der Waals surface area contributed by atoms with Gasteiger partial charge in [-0.05, 0) is 49.6 Å². The molecular formula is C24H32O3. The number of hydrogen-bond acceptors (Lipinski definition) is 3. The molecule has 0 fully saturated rings. The number of rotatable bonds is 10. The van der Waals surface area contributed by atoms with Crippen LogP contribution < -0.4 is 0 Å². The van der Waals surface area contributed by atoms with Crippen molar-refractivity contribution in [2.45, 2.75) is 25.9 Å². The van der Waals surface area contributed by atoms with Crippen LogP contribution in [-0.4, -0.2) is 26.9 Å². The van der Waals surface area contributed by atoms with E-state index in [-0.39, 0.29) is 5.92 Å². The van der Waals surface area contributed by atoms with E-state index in [1.807, 2.05) is 62.5 Å². The zero-order valence-corrected chi connectivity index (χ0v) is 17.2. The standard InChI is InChI=1S/C24H32O3/c1-8-10-11-12-19(3)24(27-7,21(9-2)14-13-20(4)25-5)22-15-17-23(26-6)18-16-22/h8-15,17-18,22H,3-4,16H2,1-2,5-7H3/b10-8-,12-11-,14-13-,21-9+. The predicted octanol–water partition coefficient (Wildman–Crippen LogP) is 5.83. The Morgan fingerprint density at radius 2 is 1.85 bits per heavy atom. The summed E-state index contributed by atoms with van der Waals surface area (Å²) in [5, 5.41) is 0. The molecule has 0 saturated heterocycles. The maximum atomic E-state index is 6.17. The largest absolute Gasteiger partial charge is 0.497 e. The van der Waals surface area contributed by atoms with Crippen molar-refractivity contribution in [3.63, 3.8) is 0 Å². The molecule has 0 aromatic rings. The molecule has 0 aliphatic heterocycles. The molecule has 0 bridgehead atoms. The highest BCUT2D eigenvalue weighted by atomic mass is 16.5. The van der Waals surface area contributed by atoms with Crippen LogP contribution in [0.4, 0.5) is 0 Å². The SMILES string of the molecule is C=C(/C=C\C(=C/C)C(OC)(C(=C)/C=C\C=C/C)C1C=CC(OC)=CC1)OC. The van der Waals surface area contributed by atoms with Crippen LogP contribution in [0, 0.1) is 5.92 Å². The van der Waals surface area contributed by atoms with Crippen LogP contribution in [-0.2, 0) is 14.2 Å². The number of methoxy groups -OCH3 is 3. The molecule has 146 valence electrons. The van der Waals surface area contributed by atoms with E-state index in [0.717, 1.165) is 23.3 Å². The lowest BCUT2D eigenvalue weighted by atomic mass is 9.72. The van der Waals surface area contributed by atoms with Crippen LogP contribution >= 0.6 is 0 Å². The first-order chi connectivity index (χ1) is 13.0. The summed E-state index contributed by atoms with van der Waals surface area (Å²) < 4.78 is 16.7. The van der Waals surface area contributed by atoms with Gasteiger partial charge in [0.15, 0.2) is 0 Å². The third-order valence-corrected chi connectivity index (χ3v) is 4.67. The Morgan fingerprint density at radius 3 is 2.33 bits per heavy atom. The van der Waals surface area contributed by atoms with E-state index in [2.05, 4.69) is 25.3 Å². The first kappa shape index (κ1) is 22.5. The van der Waals surface area contributed by atoms with Crippen LogP contribution in [0.15, 0.2) is 96.6 Å². The van der Waals surface area contributed by atoms with Gasteiger partial charge in [-0.15, -0.1) is 0 Å². The van der Waals surface area contributed by atoms with Gasteiger partial charge in [-0.3, -0.25) is 0 Å². The van der Waals surface area contributed by atoms with Gasteiger partial charge in [0.2, 0.25) is 0 Å². The highest BCUT2D eigenvalue weighted by molar-refractivity contribution is 5.48. The third kappa shape index (κ3) is 5.48. The van der Waals surface area contributed by atoms with Gasteiger partial charge in [-0.1, -0.05) is 55.7 Å². The third-order valence-electron chi connectivity index (χ3n) is 4.67. The molecular weight excluding hydrogens is 336 g/mol. The van der Waals surface area contributed by atoms with Crippen LogP contribution in [0.5, 0.6) is 0 Å². The smallest absolute Gasteiger partial charge is 0.123 e. The second-order valence-corrected chi connectivity index (χ2v) is 6.11. The Hall–Kier alpha value is -2.52. The minimum atomic E-state index is -0.719. The van der Waals surface area contributed by atoms with Crippen LogP contribution in [0.3, 0.4) is 0 Å². The first-order valence-corrected chi connectivity index (χ1v) is 9.04. The van der Waals surface area contributed by atoms with Crippen molar-refractivity contribution < 1.29 is 14.2 Å². The maximum absolute atomic E-state index is 6.17. The van der Waals surface area contributed by atoms with Crippen molar-refractivity contribution in [2.24, 2.45) is 5.92 Å². The molecule has 0 spiro atoms. The minimum absolute atomic E-state index is 0.0656. The Labute approximate surface area is 164 Å². The molecule has 2 atom stereocenters. The van der Waals surface area contributed by atoms with Crippen molar-refractivity contribution in [3.8, 4) is 0 Å². The molecule has 1 aliphatic rings. The van der Waals surface area contributed by atoms with E-state index in [9.17, 15) is 0 Å². The molecule has 0 amide bonds. The molecule has 27 heavy (non-hydrogen) atoms. The topological polar surface area (TPSA) is 27.7 Å². The zero-order valence-electron chi connectivity index (χ0n) is 17.2. The van der Waals surface area contributed by atoms with Gasteiger partial charge in [0.25, 0.3) is 0 Å². The van der Waals surface area contributed by atoms with Crippen molar-refractivity contribution in [2.75, 3.05) is 21.3 Å². The van der Waals surface area contributed by atoms with E-state index < -0.39 is 5.60 Å². The summed E-state index contributed by atoms with van der Waals surface area (Å²) in [5.74, 6) is 1.50. The van der Waals surface area contributed by atoms with Crippen LogP contribution in [0.1, 0.15) is 20.3 Å². The maximum Gasteiger partial charge on any atom is 0.123 e. The highest BCUT2D eigenvalue weighted by Crippen LogP contribution is 2.42. The molecule has 2 unspecified atom stereocenters. The minimum Gasteiger partial charge on any atom is -0.497 e. The number of ether oxygens (including phenoxy) is 3. The van der Waals surface area contributed by atoms with E-state index in [4.69, 9.17) is 14.2 Å². The van der Waals surface area contributed by atoms with Gasteiger partial charge in [0.05, 0.1) is 14.2 Å². The summed E-state index contributed by atoms with van der Waals surface area (Å²) in [6.45, 7) is 12.2. The quantitative estimate of drug-likeness (QED) is 0.359. The van der Waals surface area contributed by atoms with Gasteiger partial charge >= 0.3 is 0 Å². The molecule has 0 heterocycles. The van der Waals surface area contributed by atoms with E-state index in [0.29, 0.717) is 5.76 Å². The van der Waals surface area contributed by atoms with Gasteiger partial charge in [-0.2, -0.15) is 0 Å². The molecule has 0 aromatic heterocycles. The van der Waals surface area contributed by atoms with E-state index >= 15 is 0 Å². The summed E-state index contributed by atoms with van der Waals surface area (Å²) in [6, 6.07) is 0. The Kier molecular flexibility index (Phi) is 9.38. The van der Waals surface area contributed by atoms with Gasteiger partial charge in [0.1, 0.15) is 17.1 Å². The highest BCUT2D eigenvalue weighted by Gasteiger charge is 2.42. The number of hydrogen-bond donors (Lipinski definition) is 0. The Morgan fingerprint density at radius 1 is 1.11 bits per heavy atom. The van der Waals surface area contributed by atoms with Crippen molar-refractivity contribution in [1.29, 1.82) is 0 Å². The molecule has 0 N–H and O–H groups in total. The molecule has 0 radical (unpaired) electrons. The van der Waals surface area contributed by atoms with Crippen LogP contribution in [0.2, 0.25) is 0 Å². The van der Waals surface area contributed by atoms with E-state index in [1.54, 1.807) is 21.3 Å². The summed E-state index contributed by atoms with van der Waals surface area (Å²) in [6.07, 6.45) is 20.7. The van der Waals surface area contributed by atoms with Gasteiger partial charge < -0.3 is 14.2 Å². The number of allylic oxidation sites excluding steroid dienone is 7. The van der Waals surface area contributed by atoms with Gasteiger partial charge in [0, 0.05) is 13.0 Å². The van der Waals surface area contributed by atoms with Crippen molar-refractivity contribution >= 4 is 0 Å². The zero-order chi connectivity index (χ0) is 20.3. The van der Waals surface area contributed by atoms with Crippen LogP contribution in [0.25, 0.3) is 0 Å². The summed E-state index contributed by atoms with van der Waals surface area (Å²) >= 11 is 0. The normalized spacial score (nSPS) is 20.1. The Bertz CT molecular complexity index is 701.